The lowest BCUT2D eigenvalue weighted by atomic mass is 9.92. The van der Waals surface area contributed by atoms with Gasteiger partial charge < -0.3 is 10.5 Å². The number of nitrogens with two attached hydrogens (primary N) is 1. The molecule has 0 spiro atoms. The normalized spacial score (nSPS) is 43.4. The molecule has 2 rings (SSSR count). The second-order valence-corrected chi connectivity index (χ2v) is 5.05. The summed E-state index contributed by atoms with van der Waals surface area (Å²) in [6.45, 7) is 6.26. The summed E-state index contributed by atoms with van der Waals surface area (Å²) >= 11 is 0. The van der Waals surface area contributed by atoms with Crippen LogP contribution in [0.3, 0.4) is 0 Å². The lowest BCUT2D eigenvalue weighted by Crippen LogP contribution is -2.55. The molecular formula is C12H24N2O. The predicted octanol–water partition coefficient (Wildman–Crippen LogP) is 1.37. The smallest absolute Gasteiger partial charge is 0.0703 e. The van der Waals surface area contributed by atoms with E-state index < -0.39 is 0 Å². The molecule has 2 aliphatic rings. The van der Waals surface area contributed by atoms with E-state index in [4.69, 9.17) is 10.5 Å². The van der Waals surface area contributed by atoms with Crippen molar-refractivity contribution in [1.82, 2.24) is 4.90 Å². The summed E-state index contributed by atoms with van der Waals surface area (Å²) in [5.41, 5.74) is 5.89. The van der Waals surface area contributed by atoms with Gasteiger partial charge in [0.15, 0.2) is 0 Å². The number of nitrogens with zero attached hydrogens (tertiary/aromatic N) is 1. The molecule has 15 heavy (non-hydrogen) atoms. The Morgan fingerprint density at radius 3 is 2.67 bits per heavy atom. The highest BCUT2D eigenvalue weighted by atomic mass is 16.5. The van der Waals surface area contributed by atoms with Crippen molar-refractivity contribution in [2.24, 2.45) is 5.73 Å². The van der Waals surface area contributed by atoms with E-state index in [1.54, 1.807) is 0 Å². The molecule has 0 aliphatic carbocycles. The van der Waals surface area contributed by atoms with Crippen LogP contribution in [0.5, 0.6) is 0 Å². The number of hydrogen-bond donors (Lipinski definition) is 1. The Morgan fingerprint density at radius 1 is 1.27 bits per heavy atom. The van der Waals surface area contributed by atoms with Gasteiger partial charge in [0.2, 0.25) is 0 Å². The van der Waals surface area contributed by atoms with Gasteiger partial charge in [-0.1, -0.05) is 6.42 Å². The van der Waals surface area contributed by atoms with Crippen molar-refractivity contribution in [3.8, 4) is 0 Å². The summed E-state index contributed by atoms with van der Waals surface area (Å²) in [7, 11) is 0. The van der Waals surface area contributed by atoms with Crippen LogP contribution in [-0.4, -0.2) is 42.3 Å². The average Bonchev–Trinajstić information content (AvgIpc) is 2.64. The van der Waals surface area contributed by atoms with E-state index in [0.29, 0.717) is 24.2 Å². The largest absolute Gasteiger partial charge is 0.377 e. The Morgan fingerprint density at radius 2 is 2.07 bits per heavy atom. The molecule has 2 heterocycles. The first-order valence-corrected chi connectivity index (χ1v) is 6.33. The first-order valence-electron chi connectivity index (χ1n) is 6.33. The van der Waals surface area contributed by atoms with E-state index >= 15 is 0 Å². The number of ether oxygens (including phenoxy) is 1. The molecule has 88 valence electrons. The highest BCUT2D eigenvalue weighted by molar-refractivity contribution is 4.92. The molecule has 0 aromatic carbocycles. The zero-order valence-electron chi connectivity index (χ0n) is 9.98. The zero-order chi connectivity index (χ0) is 10.8. The summed E-state index contributed by atoms with van der Waals surface area (Å²) in [5.74, 6) is 0. The van der Waals surface area contributed by atoms with E-state index in [1.807, 2.05) is 0 Å². The molecule has 0 saturated carbocycles. The molecule has 2 fully saturated rings. The van der Waals surface area contributed by atoms with Crippen molar-refractivity contribution in [1.29, 1.82) is 0 Å². The third-order valence-electron chi connectivity index (χ3n) is 4.08. The number of piperidine rings is 1. The van der Waals surface area contributed by atoms with Crippen molar-refractivity contribution in [2.45, 2.75) is 63.8 Å². The number of hydrogen-bond acceptors (Lipinski definition) is 3. The molecule has 2 N–H and O–H groups in total. The second-order valence-electron chi connectivity index (χ2n) is 5.05. The van der Waals surface area contributed by atoms with Gasteiger partial charge in [0.25, 0.3) is 0 Å². The van der Waals surface area contributed by atoms with Crippen LogP contribution in [0, 0.1) is 0 Å². The standard InChI is InChI=1S/C12H24N2O/c1-9-4-3-5-11(8-13)14(9)12-6-7-15-10(12)2/h9-12H,3-8,13H2,1-2H3. The molecule has 0 amide bonds. The lowest BCUT2D eigenvalue weighted by Gasteiger charge is -2.45. The first kappa shape index (κ1) is 11.4. The monoisotopic (exact) mass is 212 g/mol. The number of likely N-dealkylation sites (tertiary alicyclic amines) is 1. The van der Waals surface area contributed by atoms with Crippen molar-refractivity contribution in [3.63, 3.8) is 0 Å². The van der Waals surface area contributed by atoms with Gasteiger partial charge in [-0.05, 0) is 33.1 Å². The molecule has 0 aromatic rings. The Kier molecular flexibility index (Phi) is 3.65. The average molecular weight is 212 g/mol. The zero-order valence-corrected chi connectivity index (χ0v) is 9.98. The topological polar surface area (TPSA) is 38.5 Å². The van der Waals surface area contributed by atoms with E-state index in [-0.39, 0.29) is 0 Å². The van der Waals surface area contributed by atoms with Gasteiger partial charge in [-0.15, -0.1) is 0 Å². The summed E-state index contributed by atoms with van der Waals surface area (Å²) in [6, 6.07) is 1.87. The molecule has 4 atom stereocenters. The van der Waals surface area contributed by atoms with Gasteiger partial charge in [0.05, 0.1) is 6.10 Å². The maximum absolute atomic E-state index is 5.89. The Hall–Kier alpha value is -0.120. The summed E-state index contributed by atoms with van der Waals surface area (Å²) in [4.78, 5) is 2.64. The predicted molar refractivity (Wildman–Crippen MR) is 61.8 cm³/mol. The van der Waals surface area contributed by atoms with Crippen LogP contribution in [0.25, 0.3) is 0 Å². The molecule has 3 nitrogen and oxygen atoms in total. The fourth-order valence-corrected chi connectivity index (χ4v) is 3.26. The molecule has 2 aliphatic heterocycles. The van der Waals surface area contributed by atoms with Crippen LogP contribution >= 0.6 is 0 Å². The van der Waals surface area contributed by atoms with E-state index in [1.165, 1.54) is 25.7 Å². The van der Waals surface area contributed by atoms with Crippen molar-refractivity contribution >= 4 is 0 Å². The van der Waals surface area contributed by atoms with Gasteiger partial charge in [0.1, 0.15) is 0 Å². The highest BCUT2D eigenvalue weighted by Gasteiger charge is 2.37. The van der Waals surface area contributed by atoms with Crippen LogP contribution < -0.4 is 5.73 Å². The van der Waals surface area contributed by atoms with E-state index in [2.05, 4.69) is 18.7 Å². The minimum absolute atomic E-state index is 0.389. The van der Waals surface area contributed by atoms with Gasteiger partial charge in [-0.2, -0.15) is 0 Å². The van der Waals surface area contributed by atoms with Gasteiger partial charge >= 0.3 is 0 Å². The first-order chi connectivity index (χ1) is 7.24. The molecule has 4 unspecified atom stereocenters. The van der Waals surface area contributed by atoms with Gasteiger partial charge in [-0.25, -0.2) is 0 Å². The molecule has 3 heteroatoms. The fraction of sp³-hybridized carbons (Fsp3) is 1.00. The maximum Gasteiger partial charge on any atom is 0.0703 e. The summed E-state index contributed by atoms with van der Waals surface area (Å²) in [6.07, 6.45) is 5.49. The summed E-state index contributed by atoms with van der Waals surface area (Å²) in [5, 5.41) is 0. The minimum atomic E-state index is 0.389. The van der Waals surface area contributed by atoms with Gasteiger partial charge in [0, 0.05) is 31.3 Å². The fourth-order valence-electron chi connectivity index (χ4n) is 3.26. The quantitative estimate of drug-likeness (QED) is 0.751. The maximum atomic E-state index is 5.89. The van der Waals surface area contributed by atoms with Crippen LogP contribution in [0.2, 0.25) is 0 Å². The van der Waals surface area contributed by atoms with Crippen LogP contribution in [-0.2, 0) is 4.74 Å². The SMILES string of the molecule is CC1OCCC1N1C(C)CCCC1CN. The van der Waals surface area contributed by atoms with E-state index in [0.717, 1.165) is 13.2 Å². The lowest BCUT2D eigenvalue weighted by molar-refractivity contribution is 0.0105. The third-order valence-corrected chi connectivity index (χ3v) is 4.08. The molecule has 0 bridgehead atoms. The minimum Gasteiger partial charge on any atom is -0.377 e. The number of rotatable bonds is 2. The van der Waals surface area contributed by atoms with Crippen LogP contribution in [0.1, 0.15) is 39.5 Å². The van der Waals surface area contributed by atoms with Crippen molar-refractivity contribution in [2.75, 3.05) is 13.2 Å². The van der Waals surface area contributed by atoms with Crippen molar-refractivity contribution in [3.05, 3.63) is 0 Å². The highest BCUT2D eigenvalue weighted by Crippen LogP contribution is 2.30. The van der Waals surface area contributed by atoms with Gasteiger partial charge in [-0.3, -0.25) is 4.90 Å². The summed E-state index contributed by atoms with van der Waals surface area (Å²) < 4.78 is 5.68. The van der Waals surface area contributed by atoms with Crippen molar-refractivity contribution < 1.29 is 4.74 Å². The molecular weight excluding hydrogens is 188 g/mol. The Bertz CT molecular complexity index is 210. The third kappa shape index (κ3) is 2.19. The van der Waals surface area contributed by atoms with E-state index in [9.17, 15) is 0 Å². The van der Waals surface area contributed by atoms with Crippen LogP contribution in [0.4, 0.5) is 0 Å². The van der Waals surface area contributed by atoms with Crippen LogP contribution in [0.15, 0.2) is 0 Å². The molecule has 2 saturated heterocycles. The molecule has 0 aromatic heterocycles. The second kappa shape index (κ2) is 4.81. The Balaban J connectivity index is 2.07. The Labute approximate surface area is 93.0 Å². The molecule has 0 radical (unpaired) electrons.